The van der Waals surface area contributed by atoms with E-state index in [0.29, 0.717) is 17.9 Å². The summed E-state index contributed by atoms with van der Waals surface area (Å²) < 4.78 is 5.01. The fourth-order valence-corrected chi connectivity index (χ4v) is 1.66. The molecule has 0 saturated heterocycles. The van der Waals surface area contributed by atoms with Gasteiger partial charge in [-0.1, -0.05) is 24.6 Å². The van der Waals surface area contributed by atoms with Gasteiger partial charge in [-0.3, -0.25) is 4.79 Å². The topological polar surface area (TPSA) is 64.3 Å². The minimum atomic E-state index is -0.230. The molecule has 0 bridgehead atoms. The predicted molar refractivity (Wildman–Crippen MR) is 69.3 cm³/mol. The summed E-state index contributed by atoms with van der Waals surface area (Å²) in [5.74, 6) is -0.230. The second kappa shape index (κ2) is 6.47. The van der Waals surface area contributed by atoms with Crippen molar-refractivity contribution < 1.29 is 9.53 Å². The Bertz CT molecular complexity index is 396. The first-order valence-corrected chi connectivity index (χ1v) is 5.81. The maximum atomic E-state index is 12.0. The van der Waals surface area contributed by atoms with Crippen molar-refractivity contribution in [3.8, 4) is 0 Å². The highest BCUT2D eigenvalue weighted by Crippen LogP contribution is 2.22. The average molecular weight is 257 g/mol. The number of nitrogen functional groups attached to an aromatic ring is 1. The number of amides is 1. The molecule has 1 atom stereocenters. The van der Waals surface area contributed by atoms with Crippen LogP contribution in [-0.4, -0.2) is 25.7 Å². The third-order valence-electron chi connectivity index (χ3n) is 2.47. The summed E-state index contributed by atoms with van der Waals surface area (Å²) in [4.78, 5) is 12.0. The first-order valence-electron chi connectivity index (χ1n) is 5.44. The normalized spacial score (nSPS) is 12.2. The summed E-state index contributed by atoms with van der Waals surface area (Å²) in [6.45, 7) is 2.45. The molecule has 0 fully saturated rings. The molecular weight excluding hydrogens is 240 g/mol. The molecule has 0 radical (unpaired) electrons. The predicted octanol–water partition coefficient (Wildman–Crippen LogP) is 2.08. The van der Waals surface area contributed by atoms with Crippen LogP contribution >= 0.6 is 11.6 Å². The second-order valence-corrected chi connectivity index (χ2v) is 4.12. The van der Waals surface area contributed by atoms with E-state index in [2.05, 4.69) is 5.32 Å². The molecule has 1 rings (SSSR count). The van der Waals surface area contributed by atoms with Crippen molar-refractivity contribution in [3.63, 3.8) is 0 Å². The lowest BCUT2D eigenvalue weighted by Gasteiger charge is -2.16. The highest BCUT2D eigenvalue weighted by atomic mass is 35.5. The summed E-state index contributed by atoms with van der Waals surface area (Å²) in [5, 5.41) is 3.14. The van der Waals surface area contributed by atoms with Crippen molar-refractivity contribution >= 4 is 23.2 Å². The van der Waals surface area contributed by atoms with Crippen LogP contribution in [0.15, 0.2) is 18.2 Å². The van der Waals surface area contributed by atoms with Crippen molar-refractivity contribution in [3.05, 3.63) is 28.8 Å². The molecule has 1 aromatic rings. The van der Waals surface area contributed by atoms with E-state index in [4.69, 9.17) is 22.1 Å². The van der Waals surface area contributed by atoms with Crippen LogP contribution in [0.25, 0.3) is 0 Å². The molecule has 17 heavy (non-hydrogen) atoms. The second-order valence-electron chi connectivity index (χ2n) is 3.74. The van der Waals surface area contributed by atoms with Crippen LogP contribution < -0.4 is 11.1 Å². The monoisotopic (exact) mass is 256 g/mol. The van der Waals surface area contributed by atoms with Crippen LogP contribution in [0.1, 0.15) is 23.7 Å². The fraction of sp³-hybridized carbons (Fsp3) is 0.417. The number of halogens is 1. The van der Waals surface area contributed by atoms with Gasteiger partial charge in [0, 0.05) is 7.11 Å². The van der Waals surface area contributed by atoms with Gasteiger partial charge in [0.15, 0.2) is 0 Å². The molecule has 5 heteroatoms. The standard InChI is InChI=1S/C12H17ClN2O2/c1-3-8(7-17-2)15-12(16)9-5-4-6-10(14)11(9)13/h4-6,8H,3,7,14H2,1-2H3,(H,15,16). The van der Waals surface area contributed by atoms with Crippen LogP contribution in [0.2, 0.25) is 5.02 Å². The van der Waals surface area contributed by atoms with Gasteiger partial charge in [-0.25, -0.2) is 0 Å². The van der Waals surface area contributed by atoms with Gasteiger partial charge in [0.05, 0.1) is 28.9 Å². The molecule has 1 aromatic carbocycles. The van der Waals surface area contributed by atoms with E-state index < -0.39 is 0 Å². The molecule has 0 aliphatic rings. The van der Waals surface area contributed by atoms with Crippen LogP contribution in [-0.2, 0) is 4.74 Å². The Labute approximate surface area is 106 Å². The number of benzene rings is 1. The van der Waals surface area contributed by atoms with Crippen molar-refractivity contribution in [2.45, 2.75) is 19.4 Å². The van der Waals surface area contributed by atoms with Gasteiger partial charge in [-0.2, -0.15) is 0 Å². The van der Waals surface area contributed by atoms with Crippen molar-refractivity contribution in [2.75, 3.05) is 19.5 Å². The lowest BCUT2D eigenvalue weighted by molar-refractivity contribution is 0.0895. The number of nitrogens with two attached hydrogens (primary N) is 1. The molecular formula is C12H17ClN2O2. The lowest BCUT2D eigenvalue weighted by atomic mass is 10.1. The number of nitrogens with one attached hydrogen (secondary N) is 1. The zero-order valence-electron chi connectivity index (χ0n) is 10.00. The first-order chi connectivity index (χ1) is 8.10. The highest BCUT2D eigenvalue weighted by molar-refractivity contribution is 6.36. The molecule has 0 aliphatic heterocycles. The van der Waals surface area contributed by atoms with E-state index in [1.165, 1.54) is 0 Å². The molecule has 1 amide bonds. The SMILES string of the molecule is CCC(COC)NC(=O)c1cccc(N)c1Cl. The Hall–Kier alpha value is -1.26. The van der Waals surface area contributed by atoms with E-state index in [9.17, 15) is 4.79 Å². The number of hydrogen-bond donors (Lipinski definition) is 2. The van der Waals surface area contributed by atoms with E-state index in [1.807, 2.05) is 6.92 Å². The Morgan fingerprint density at radius 2 is 2.29 bits per heavy atom. The quantitative estimate of drug-likeness (QED) is 0.793. The molecule has 0 heterocycles. The van der Waals surface area contributed by atoms with Crippen LogP contribution in [0, 0.1) is 0 Å². The van der Waals surface area contributed by atoms with Crippen LogP contribution in [0.5, 0.6) is 0 Å². The third-order valence-corrected chi connectivity index (χ3v) is 2.89. The molecule has 0 saturated carbocycles. The number of hydrogen-bond acceptors (Lipinski definition) is 3. The maximum Gasteiger partial charge on any atom is 0.253 e. The molecule has 0 spiro atoms. The maximum absolute atomic E-state index is 12.0. The minimum absolute atomic E-state index is 0.0232. The van der Waals surface area contributed by atoms with Crippen molar-refractivity contribution in [2.24, 2.45) is 0 Å². The van der Waals surface area contributed by atoms with Gasteiger partial charge in [0.2, 0.25) is 0 Å². The van der Waals surface area contributed by atoms with Gasteiger partial charge in [-0.15, -0.1) is 0 Å². The molecule has 1 unspecified atom stereocenters. The van der Waals surface area contributed by atoms with E-state index in [1.54, 1.807) is 25.3 Å². The summed E-state index contributed by atoms with van der Waals surface area (Å²) in [6.07, 6.45) is 0.791. The van der Waals surface area contributed by atoms with Gasteiger partial charge in [0.1, 0.15) is 0 Å². The summed E-state index contributed by atoms with van der Waals surface area (Å²) >= 11 is 5.97. The molecule has 0 aromatic heterocycles. The van der Waals surface area contributed by atoms with Crippen molar-refractivity contribution in [1.29, 1.82) is 0 Å². The largest absolute Gasteiger partial charge is 0.398 e. The van der Waals surface area contributed by atoms with Crippen LogP contribution in [0.4, 0.5) is 5.69 Å². The zero-order valence-corrected chi connectivity index (χ0v) is 10.8. The molecule has 3 N–H and O–H groups in total. The number of anilines is 1. The number of carbonyl (C=O) groups excluding carboxylic acids is 1. The van der Waals surface area contributed by atoms with Crippen molar-refractivity contribution in [1.82, 2.24) is 5.32 Å². The number of methoxy groups -OCH3 is 1. The molecule has 4 nitrogen and oxygen atoms in total. The summed E-state index contributed by atoms with van der Waals surface area (Å²) in [7, 11) is 1.60. The Kier molecular flexibility index (Phi) is 5.25. The lowest BCUT2D eigenvalue weighted by Crippen LogP contribution is -2.37. The first kappa shape index (κ1) is 13.8. The summed E-state index contributed by atoms with van der Waals surface area (Å²) in [6, 6.07) is 4.98. The highest BCUT2D eigenvalue weighted by Gasteiger charge is 2.15. The summed E-state index contributed by atoms with van der Waals surface area (Å²) in [5.41, 5.74) is 6.44. The fourth-order valence-electron chi connectivity index (χ4n) is 1.45. The smallest absolute Gasteiger partial charge is 0.253 e. The van der Waals surface area contributed by atoms with Gasteiger partial charge < -0.3 is 15.8 Å². The number of carbonyl (C=O) groups is 1. The van der Waals surface area contributed by atoms with Gasteiger partial charge in [-0.05, 0) is 18.6 Å². The van der Waals surface area contributed by atoms with Gasteiger partial charge in [0.25, 0.3) is 5.91 Å². The Balaban J connectivity index is 2.79. The van der Waals surface area contributed by atoms with E-state index in [0.717, 1.165) is 6.42 Å². The minimum Gasteiger partial charge on any atom is -0.398 e. The zero-order chi connectivity index (χ0) is 12.8. The average Bonchev–Trinajstić information content (AvgIpc) is 2.31. The van der Waals surface area contributed by atoms with E-state index >= 15 is 0 Å². The van der Waals surface area contributed by atoms with Crippen LogP contribution in [0.3, 0.4) is 0 Å². The third kappa shape index (κ3) is 3.61. The molecule has 0 aliphatic carbocycles. The van der Waals surface area contributed by atoms with Gasteiger partial charge >= 0.3 is 0 Å². The number of ether oxygens (including phenoxy) is 1. The Morgan fingerprint density at radius 1 is 1.59 bits per heavy atom. The number of rotatable bonds is 5. The van der Waals surface area contributed by atoms with E-state index in [-0.39, 0.29) is 17.0 Å². The Morgan fingerprint density at radius 3 is 2.88 bits per heavy atom. The molecule has 94 valence electrons.